The predicted molar refractivity (Wildman–Crippen MR) is 94.8 cm³/mol. The molecule has 2 aromatic rings. The van der Waals surface area contributed by atoms with Gasteiger partial charge in [0, 0.05) is 23.9 Å². The van der Waals surface area contributed by atoms with E-state index in [2.05, 4.69) is 5.32 Å². The largest absolute Gasteiger partial charge is 0.497 e. The van der Waals surface area contributed by atoms with Crippen molar-refractivity contribution in [3.8, 4) is 11.5 Å². The van der Waals surface area contributed by atoms with Crippen LogP contribution in [0.25, 0.3) is 0 Å². The van der Waals surface area contributed by atoms with Crippen LogP contribution in [0.3, 0.4) is 0 Å². The molecule has 0 aliphatic carbocycles. The Balaban J connectivity index is 2.15. The van der Waals surface area contributed by atoms with E-state index in [1.54, 1.807) is 12.1 Å². The number of anilines is 1. The number of ketones is 1. The standard InChI is InChI=1S/C18H18N2O6/c1-11(21)16-8-7-15(25-3)10-17(16)26-12(2)18(22)19-13-5-4-6-14(9-13)20(23)24/h4-10,12H,1-3H3,(H,19,22). The number of benzene rings is 2. The predicted octanol–water partition coefficient (Wildman–Crippen LogP) is 3.21. The number of methoxy groups -OCH3 is 1. The monoisotopic (exact) mass is 358 g/mol. The number of hydrogen-bond donors (Lipinski definition) is 1. The molecule has 0 aliphatic heterocycles. The smallest absolute Gasteiger partial charge is 0.271 e. The first-order chi connectivity index (χ1) is 12.3. The molecule has 0 aromatic heterocycles. The lowest BCUT2D eigenvalue weighted by molar-refractivity contribution is -0.384. The second-order valence-electron chi connectivity index (χ2n) is 5.48. The van der Waals surface area contributed by atoms with Crippen LogP contribution in [0.4, 0.5) is 11.4 Å². The number of nitro benzene ring substituents is 1. The van der Waals surface area contributed by atoms with Gasteiger partial charge in [-0.3, -0.25) is 19.7 Å². The van der Waals surface area contributed by atoms with Crippen molar-refractivity contribution in [1.29, 1.82) is 0 Å². The summed E-state index contributed by atoms with van der Waals surface area (Å²) >= 11 is 0. The molecule has 1 amide bonds. The number of amides is 1. The van der Waals surface area contributed by atoms with Crippen LogP contribution in [0.1, 0.15) is 24.2 Å². The zero-order chi connectivity index (χ0) is 19.3. The van der Waals surface area contributed by atoms with E-state index in [0.29, 0.717) is 11.3 Å². The Hall–Kier alpha value is -3.42. The summed E-state index contributed by atoms with van der Waals surface area (Å²) in [5.41, 5.74) is 0.459. The number of nitrogens with zero attached hydrogens (tertiary/aromatic N) is 1. The SMILES string of the molecule is COc1ccc(C(C)=O)c(OC(C)C(=O)Nc2cccc([N+](=O)[O-])c2)c1. The minimum absolute atomic E-state index is 0.136. The van der Waals surface area contributed by atoms with Crippen molar-refractivity contribution < 1.29 is 24.0 Å². The molecule has 0 saturated carbocycles. The Morgan fingerprint density at radius 3 is 2.54 bits per heavy atom. The molecule has 2 aromatic carbocycles. The lowest BCUT2D eigenvalue weighted by Gasteiger charge is -2.17. The number of nitrogens with one attached hydrogen (secondary N) is 1. The number of Topliss-reactive ketones (excluding diaryl/α,β-unsaturated/α-hetero) is 1. The molecule has 1 N–H and O–H groups in total. The highest BCUT2D eigenvalue weighted by Gasteiger charge is 2.19. The van der Waals surface area contributed by atoms with Crippen molar-refractivity contribution >= 4 is 23.1 Å². The van der Waals surface area contributed by atoms with E-state index in [0.717, 1.165) is 0 Å². The molecular weight excluding hydrogens is 340 g/mol. The van der Waals surface area contributed by atoms with Gasteiger partial charge in [0.05, 0.1) is 17.6 Å². The second-order valence-corrected chi connectivity index (χ2v) is 5.48. The van der Waals surface area contributed by atoms with Crippen molar-refractivity contribution in [3.63, 3.8) is 0 Å². The molecule has 136 valence electrons. The Morgan fingerprint density at radius 2 is 1.92 bits per heavy atom. The van der Waals surface area contributed by atoms with Gasteiger partial charge < -0.3 is 14.8 Å². The highest BCUT2D eigenvalue weighted by Crippen LogP contribution is 2.26. The number of rotatable bonds is 7. The summed E-state index contributed by atoms with van der Waals surface area (Å²) in [7, 11) is 1.48. The van der Waals surface area contributed by atoms with E-state index >= 15 is 0 Å². The fourth-order valence-corrected chi connectivity index (χ4v) is 2.20. The van der Waals surface area contributed by atoms with E-state index in [9.17, 15) is 19.7 Å². The number of carbonyl (C=O) groups excluding carboxylic acids is 2. The molecule has 0 aliphatic rings. The van der Waals surface area contributed by atoms with E-state index < -0.39 is 16.9 Å². The van der Waals surface area contributed by atoms with E-state index in [-0.39, 0.29) is 22.9 Å². The molecule has 0 saturated heterocycles. The van der Waals surface area contributed by atoms with Gasteiger partial charge in [0.25, 0.3) is 11.6 Å². The molecule has 8 nitrogen and oxygen atoms in total. The second kappa shape index (κ2) is 8.11. The van der Waals surface area contributed by atoms with Crippen LogP contribution in [0.5, 0.6) is 11.5 Å². The van der Waals surface area contributed by atoms with Crippen LogP contribution in [0, 0.1) is 10.1 Å². The lowest BCUT2D eigenvalue weighted by Crippen LogP contribution is -2.30. The molecule has 0 radical (unpaired) electrons. The highest BCUT2D eigenvalue weighted by molar-refractivity contribution is 5.98. The average molecular weight is 358 g/mol. The van der Waals surface area contributed by atoms with E-state index in [1.807, 2.05) is 0 Å². The van der Waals surface area contributed by atoms with Crippen molar-refractivity contribution in [2.24, 2.45) is 0 Å². The molecule has 0 bridgehead atoms. The van der Waals surface area contributed by atoms with Gasteiger partial charge in [0.15, 0.2) is 11.9 Å². The highest BCUT2D eigenvalue weighted by atomic mass is 16.6. The summed E-state index contributed by atoms with van der Waals surface area (Å²) in [5.74, 6) is -0.0217. The molecule has 26 heavy (non-hydrogen) atoms. The summed E-state index contributed by atoms with van der Waals surface area (Å²) in [6, 6.07) is 10.3. The summed E-state index contributed by atoms with van der Waals surface area (Å²) in [6.45, 7) is 2.90. The molecule has 0 heterocycles. The third-order valence-electron chi connectivity index (χ3n) is 3.57. The third kappa shape index (κ3) is 4.56. The lowest BCUT2D eigenvalue weighted by atomic mass is 10.1. The van der Waals surface area contributed by atoms with E-state index in [4.69, 9.17) is 9.47 Å². The van der Waals surface area contributed by atoms with Crippen molar-refractivity contribution in [1.82, 2.24) is 0 Å². The van der Waals surface area contributed by atoms with E-state index in [1.165, 1.54) is 51.3 Å². The number of non-ortho nitro benzene ring substituents is 1. The maximum absolute atomic E-state index is 12.3. The van der Waals surface area contributed by atoms with Crippen LogP contribution in [0.15, 0.2) is 42.5 Å². The number of carbonyl (C=O) groups is 2. The molecule has 0 spiro atoms. The van der Waals surface area contributed by atoms with Gasteiger partial charge in [-0.2, -0.15) is 0 Å². The van der Waals surface area contributed by atoms with Crippen LogP contribution < -0.4 is 14.8 Å². The maximum atomic E-state index is 12.3. The maximum Gasteiger partial charge on any atom is 0.271 e. The summed E-state index contributed by atoms with van der Waals surface area (Å²) in [4.78, 5) is 34.3. The fraction of sp³-hybridized carbons (Fsp3) is 0.222. The topological polar surface area (TPSA) is 108 Å². The van der Waals surface area contributed by atoms with Crippen molar-refractivity contribution in [2.75, 3.05) is 12.4 Å². The molecule has 8 heteroatoms. The minimum atomic E-state index is -0.945. The Morgan fingerprint density at radius 1 is 1.19 bits per heavy atom. The zero-order valence-corrected chi connectivity index (χ0v) is 14.5. The first-order valence-electron chi connectivity index (χ1n) is 7.72. The van der Waals surface area contributed by atoms with Gasteiger partial charge in [-0.25, -0.2) is 0 Å². The summed E-state index contributed by atoms with van der Waals surface area (Å²) < 4.78 is 10.7. The van der Waals surface area contributed by atoms with Gasteiger partial charge in [0.1, 0.15) is 11.5 Å². The molecule has 1 unspecified atom stereocenters. The Labute approximate surface area is 149 Å². The normalized spacial score (nSPS) is 11.3. The minimum Gasteiger partial charge on any atom is -0.497 e. The summed E-state index contributed by atoms with van der Waals surface area (Å²) in [6.07, 6.45) is -0.945. The molecule has 0 fully saturated rings. The van der Waals surface area contributed by atoms with Gasteiger partial charge in [-0.1, -0.05) is 6.07 Å². The number of ether oxygens (including phenoxy) is 2. The van der Waals surface area contributed by atoms with Gasteiger partial charge in [-0.15, -0.1) is 0 Å². The Kier molecular flexibility index (Phi) is 5.90. The summed E-state index contributed by atoms with van der Waals surface area (Å²) in [5, 5.41) is 13.3. The third-order valence-corrected chi connectivity index (χ3v) is 3.57. The van der Waals surface area contributed by atoms with Crippen LogP contribution in [-0.2, 0) is 4.79 Å². The molecule has 2 rings (SSSR count). The van der Waals surface area contributed by atoms with Gasteiger partial charge in [0.2, 0.25) is 0 Å². The fourth-order valence-electron chi connectivity index (χ4n) is 2.20. The Bertz CT molecular complexity index is 849. The van der Waals surface area contributed by atoms with Gasteiger partial charge >= 0.3 is 0 Å². The van der Waals surface area contributed by atoms with Crippen molar-refractivity contribution in [3.05, 3.63) is 58.1 Å². The number of hydrogen-bond acceptors (Lipinski definition) is 6. The molecule has 1 atom stereocenters. The molecular formula is C18H18N2O6. The van der Waals surface area contributed by atoms with Crippen LogP contribution in [-0.4, -0.2) is 29.8 Å². The average Bonchev–Trinajstić information content (AvgIpc) is 2.61. The van der Waals surface area contributed by atoms with Crippen LogP contribution in [0.2, 0.25) is 0 Å². The number of nitro groups is 1. The van der Waals surface area contributed by atoms with Crippen LogP contribution >= 0.6 is 0 Å². The quantitative estimate of drug-likeness (QED) is 0.462. The van der Waals surface area contributed by atoms with Gasteiger partial charge in [-0.05, 0) is 32.0 Å². The first kappa shape index (κ1) is 18.9. The zero-order valence-electron chi connectivity index (χ0n) is 14.5. The first-order valence-corrected chi connectivity index (χ1v) is 7.72. The van der Waals surface area contributed by atoms with Crippen molar-refractivity contribution in [2.45, 2.75) is 20.0 Å².